The Morgan fingerprint density at radius 2 is 2.13 bits per heavy atom. The first-order valence-corrected chi connectivity index (χ1v) is 5.29. The third kappa shape index (κ3) is 3.04. The van der Waals surface area contributed by atoms with Gasteiger partial charge in [-0.15, -0.1) is 0 Å². The lowest BCUT2D eigenvalue weighted by Crippen LogP contribution is -2.26. The van der Waals surface area contributed by atoms with E-state index < -0.39 is 0 Å². The van der Waals surface area contributed by atoms with Gasteiger partial charge in [0.05, 0.1) is 12.3 Å². The van der Waals surface area contributed by atoms with E-state index in [4.69, 9.17) is 10.5 Å². The van der Waals surface area contributed by atoms with E-state index in [1.54, 1.807) is 7.11 Å². The summed E-state index contributed by atoms with van der Waals surface area (Å²) in [5.74, 6) is 0. The minimum absolute atomic E-state index is 0.119. The SMILES string of the molecule is COCC(N)CCc1c(C)nn(C)c1C. The van der Waals surface area contributed by atoms with Crippen LogP contribution in [0, 0.1) is 13.8 Å². The number of methoxy groups -OCH3 is 1. The van der Waals surface area contributed by atoms with Crippen molar-refractivity contribution < 1.29 is 4.74 Å². The van der Waals surface area contributed by atoms with Gasteiger partial charge in [0.1, 0.15) is 0 Å². The van der Waals surface area contributed by atoms with Crippen LogP contribution in [0.1, 0.15) is 23.4 Å². The van der Waals surface area contributed by atoms with Crippen molar-refractivity contribution in [3.05, 3.63) is 17.0 Å². The van der Waals surface area contributed by atoms with E-state index in [2.05, 4.69) is 12.0 Å². The molecule has 0 radical (unpaired) electrons. The van der Waals surface area contributed by atoms with E-state index in [0.29, 0.717) is 6.61 Å². The second-order valence-corrected chi connectivity index (χ2v) is 4.03. The van der Waals surface area contributed by atoms with Gasteiger partial charge in [0.25, 0.3) is 0 Å². The van der Waals surface area contributed by atoms with E-state index in [-0.39, 0.29) is 6.04 Å². The van der Waals surface area contributed by atoms with Crippen molar-refractivity contribution in [1.29, 1.82) is 0 Å². The molecule has 0 bridgehead atoms. The van der Waals surface area contributed by atoms with Gasteiger partial charge in [0, 0.05) is 25.9 Å². The first kappa shape index (κ1) is 12.2. The van der Waals surface area contributed by atoms with E-state index in [0.717, 1.165) is 18.5 Å². The van der Waals surface area contributed by atoms with Crippen LogP contribution in [-0.4, -0.2) is 29.5 Å². The standard InChI is InChI=1S/C11H21N3O/c1-8-11(9(2)14(3)13-8)6-5-10(12)7-15-4/h10H,5-7,12H2,1-4H3. The van der Waals surface area contributed by atoms with Crippen LogP contribution in [0.3, 0.4) is 0 Å². The van der Waals surface area contributed by atoms with Crippen molar-refractivity contribution in [3.8, 4) is 0 Å². The molecule has 0 aromatic carbocycles. The summed E-state index contributed by atoms with van der Waals surface area (Å²) in [7, 11) is 3.65. The predicted octanol–water partition coefficient (Wildman–Crippen LogP) is 0.943. The van der Waals surface area contributed by atoms with Gasteiger partial charge >= 0.3 is 0 Å². The van der Waals surface area contributed by atoms with Crippen LogP contribution in [0.25, 0.3) is 0 Å². The Balaban J connectivity index is 2.57. The van der Waals surface area contributed by atoms with Gasteiger partial charge in [0.15, 0.2) is 0 Å². The van der Waals surface area contributed by atoms with Crippen molar-refractivity contribution in [1.82, 2.24) is 9.78 Å². The number of aromatic nitrogens is 2. The number of rotatable bonds is 5. The lowest BCUT2D eigenvalue weighted by Gasteiger charge is -2.10. The Labute approximate surface area is 91.4 Å². The summed E-state index contributed by atoms with van der Waals surface area (Å²) in [5.41, 5.74) is 9.55. The normalized spacial score (nSPS) is 13.1. The van der Waals surface area contributed by atoms with Crippen molar-refractivity contribution in [2.45, 2.75) is 32.7 Å². The van der Waals surface area contributed by atoms with Crippen molar-refractivity contribution in [2.24, 2.45) is 12.8 Å². The predicted molar refractivity (Wildman–Crippen MR) is 60.9 cm³/mol. The molecule has 1 heterocycles. The number of hydrogen-bond acceptors (Lipinski definition) is 3. The molecular weight excluding hydrogens is 190 g/mol. The van der Waals surface area contributed by atoms with Gasteiger partial charge in [-0.25, -0.2) is 0 Å². The van der Waals surface area contributed by atoms with Crippen LogP contribution in [0.4, 0.5) is 0 Å². The average molecular weight is 211 g/mol. The molecule has 0 spiro atoms. The maximum Gasteiger partial charge on any atom is 0.0628 e. The largest absolute Gasteiger partial charge is 0.383 e. The summed E-state index contributed by atoms with van der Waals surface area (Å²) >= 11 is 0. The second kappa shape index (κ2) is 5.28. The number of aryl methyl sites for hydroxylation is 2. The zero-order valence-electron chi connectivity index (χ0n) is 10.1. The van der Waals surface area contributed by atoms with Crippen LogP contribution in [0.5, 0.6) is 0 Å². The highest BCUT2D eigenvalue weighted by molar-refractivity contribution is 5.24. The Hall–Kier alpha value is -0.870. The molecule has 4 nitrogen and oxygen atoms in total. The smallest absolute Gasteiger partial charge is 0.0628 e. The molecule has 0 fully saturated rings. The van der Waals surface area contributed by atoms with Crippen molar-refractivity contribution in [2.75, 3.05) is 13.7 Å². The molecule has 1 atom stereocenters. The third-order valence-corrected chi connectivity index (χ3v) is 2.80. The monoisotopic (exact) mass is 211 g/mol. The minimum Gasteiger partial charge on any atom is -0.383 e. The maximum absolute atomic E-state index is 5.89. The molecule has 0 saturated carbocycles. The molecule has 1 aromatic rings. The number of nitrogens with zero attached hydrogens (tertiary/aromatic N) is 2. The Kier molecular flexibility index (Phi) is 4.29. The van der Waals surface area contributed by atoms with Crippen LogP contribution in [-0.2, 0) is 18.2 Å². The van der Waals surface area contributed by atoms with Gasteiger partial charge < -0.3 is 10.5 Å². The fraction of sp³-hybridized carbons (Fsp3) is 0.727. The van der Waals surface area contributed by atoms with Crippen LogP contribution in [0.2, 0.25) is 0 Å². The third-order valence-electron chi connectivity index (χ3n) is 2.80. The van der Waals surface area contributed by atoms with Crippen LogP contribution in [0.15, 0.2) is 0 Å². The molecule has 86 valence electrons. The highest BCUT2D eigenvalue weighted by Crippen LogP contribution is 2.14. The number of hydrogen-bond donors (Lipinski definition) is 1. The Morgan fingerprint density at radius 1 is 1.47 bits per heavy atom. The molecule has 2 N–H and O–H groups in total. The maximum atomic E-state index is 5.89. The summed E-state index contributed by atoms with van der Waals surface area (Å²) in [6, 6.07) is 0.119. The molecule has 0 aliphatic rings. The van der Waals surface area contributed by atoms with E-state index in [9.17, 15) is 0 Å². The fourth-order valence-electron chi connectivity index (χ4n) is 1.81. The Bertz CT molecular complexity index is 320. The summed E-state index contributed by atoms with van der Waals surface area (Å²) in [6.07, 6.45) is 1.93. The molecule has 0 amide bonds. The quantitative estimate of drug-likeness (QED) is 0.788. The lowest BCUT2D eigenvalue weighted by atomic mass is 10.0. The van der Waals surface area contributed by atoms with Gasteiger partial charge in [-0.05, 0) is 32.3 Å². The first-order valence-electron chi connectivity index (χ1n) is 5.29. The molecular formula is C11H21N3O. The molecule has 1 rings (SSSR count). The summed E-state index contributed by atoms with van der Waals surface area (Å²) in [5, 5.41) is 4.38. The van der Waals surface area contributed by atoms with E-state index >= 15 is 0 Å². The van der Waals surface area contributed by atoms with Gasteiger partial charge in [-0.1, -0.05) is 0 Å². The van der Waals surface area contributed by atoms with Crippen LogP contribution < -0.4 is 5.73 Å². The van der Waals surface area contributed by atoms with Gasteiger partial charge in [-0.3, -0.25) is 4.68 Å². The molecule has 4 heteroatoms. The molecule has 1 unspecified atom stereocenters. The second-order valence-electron chi connectivity index (χ2n) is 4.03. The van der Waals surface area contributed by atoms with Crippen LogP contribution >= 0.6 is 0 Å². The average Bonchev–Trinajstić information content (AvgIpc) is 2.40. The van der Waals surface area contributed by atoms with E-state index in [1.165, 1.54) is 11.3 Å². The first-order chi connectivity index (χ1) is 7.06. The zero-order valence-corrected chi connectivity index (χ0v) is 10.1. The molecule has 0 saturated heterocycles. The number of ether oxygens (including phenoxy) is 1. The molecule has 0 aliphatic carbocycles. The fourth-order valence-corrected chi connectivity index (χ4v) is 1.81. The van der Waals surface area contributed by atoms with Gasteiger partial charge in [0.2, 0.25) is 0 Å². The Morgan fingerprint density at radius 3 is 2.60 bits per heavy atom. The summed E-state index contributed by atoms with van der Waals surface area (Å²) < 4.78 is 6.94. The number of nitrogens with two attached hydrogens (primary N) is 1. The van der Waals surface area contributed by atoms with Crippen molar-refractivity contribution in [3.63, 3.8) is 0 Å². The summed E-state index contributed by atoms with van der Waals surface area (Å²) in [6.45, 7) is 4.76. The molecule has 15 heavy (non-hydrogen) atoms. The highest BCUT2D eigenvalue weighted by atomic mass is 16.5. The molecule has 1 aromatic heterocycles. The van der Waals surface area contributed by atoms with E-state index in [1.807, 2.05) is 18.7 Å². The topological polar surface area (TPSA) is 53.1 Å². The van der Waals surface area contributed by atoms with Crippen molar-refractivity contribution >= 4 is 0 Å². The summed E-state index contributed by atoms with van der Waals surface area (Å²) in [4.78, 5) is 0. The highest BCUT2D eigenvalue weighted by Gasteiger charge is 2.10. The lowest BCUT2D eigenvalue weighted by molar-refractivity contribution is 0.177. The molecule has 0 aliphatic heterocycles. The minimum atomic E-state index is 0.119. The van der Waals surface area contributed by atoms with Gasteiger partial charge in [-0.2, -0.15) is 5.10 Å². The zero-order chi connectivity index (χ0) is 11.4.